The summed E-state index contributed by atoms with van der Waals surface area (Å²) in [5.41, 5.74) is 0.772. The van der Waals surface area contributed by atoms with Crippen molar-refractivity contribution in [2.45, 2.75) is 32.5 Å². The first kappa shape index (κ1) is 24.0. The van der Waals surface area contributed by atoms with Gasteiger partial charge in [0.2, 0.25) is 0 Å². The van der Waals surface area contributed by atoms with Gasteiger partial charge in [-0.2, -0.15) is 13.2 Å². The summed E-state index contributed by atoms with van der Waals surface area (Å²) in [6.07, 6.45) is -1.40. The maximum absolute atomic E-state index is 12.3. The van der Waals surface area contributed by atoms with Gasteiger partial charge in [-0.05, 0) is 19.1 Å². The molecule has 0 aliphatic rings. The number of nitrogens with one attached hydrogen (secondary N) is 1. The van der Waals surface area contributed by atoms with Gasteiger partial charge in [0.15, 0.2) is 10.9 Å². The minimum atomic E-state index is -3.96. The van der Waals surface area contributed by atoms with E-state index in [9.17, 15) is 22.8 Å². The summed E-state index contributed by atoms with van der Waals surface area (Å²) < 4.78 is 37.3. The van der Waals surface area contributed by atoms with Crippen LogP contribution in [0.2, 0.25) is 5.15 Å². The largest absolute Gasteiger partial charge is 0.388 e. The zero-order valence-corrected chi connectivity index (χ0v) is 16.9. The van der Waals surface area contributed by atoms with Crippen molar-refractivity contribution in [1.29, 1.82) is 0 Å². The van der Waals surface area contributed by atoms with Gasteiger partial charge in [-0.1, -0.05) is 18.5 Å². The molecule has 154 valence electrons. The van der Waals surface area contributed by atoms with Crippen molar-refractivity contribution < 1.29 is 27.5 Å². The van der Waals surface area contributed by atoms with Gasteiger partial charge in [-0.25, -0.2) is 4.98 Å². The van der Waals surface area contributed by atoms with Gasteiger partial charge in [0, 0.05) is 31.5 Å². The number of nitrogens with zero attached hydrogens (tertiary/aromatic N) is 2. The summed E-state index contributed by atoms with van der Waals surface area (Å²) in [5, 5.41) is 3.29. The maximum atomic E-state index is 12.3. The third-order valence-electron chi connectivity index (χ3n) is 3.23. The Morgan fingerprint density at radius 2 is 2.04 bits per heavy atom. The topological polar surface area (TPSA) is 81.2 Å². The molecule has 1 atom stereocenters. The number of thiazole rings is 1. The second kappa shape index (κ2) is 11.1. The van der Waals surface area contributed by atoms with Gasteiger partial charge in [-0.3, -0.25) is 14.6 Å². The fourth-order valence-electron chi connectivity index (χ4n) is 1.71. The molecule has 2 heterocycles. The van der Waals surface area contributed by atoms with Crippen molar-refractivity contribution in [3.05, 3.63) is 34.6 Å². The number of amides is 1. The first-order valence-corrected chi connectivity index (χ1v) is 9.22. The number of halogens is 4. The zero-order valence-electron chi connectivity index (χ0n) is 15.3. The Balaban J connectivity index is 0.000000568. The SMILES string of the molecule is CCC(F)(F)F.COCC(NC(=O)c1sc(-c2cccnc2)nc1Cl)C(C)=O. The lowest BCUT2D eigenvalue weighted by Gasteiger charge is -2.13. The van der Waals surface area contributed by atoms with Crippen LogP contribution in [-0.2, 0) is 9.53 Å². The van der Waals surface area contributed by atoms with Gasteiger partial charge in [-0.15, -0.1) is 11.3 Å². The highest BCUT2D eigenvalue weighted by molar-refractivity contribution is 7.17. The number of ketones is 1. The minimum Gasteiger partial charge on any atom is -0.382 e. The number of alkyl halides is 3. The Bertz CT molecular complexity index is 785. The summed E-state index contributed by atoms with van der Waals surface area (Å²) in [6.45, 7) is 2.58. The van der Waals surface area contributed by atoms with E-state index in [-0.39, 0.29) is 22.4 Å². The molecular weight excluding hydrogens is 419 g/mol. The van der Waals surface area contributed by atoms with E-state index < -0.39 is 24.5 Å². The summed E-state index contributed by atoms with van der Waals surface area (Å²) >= 11 is 7.18. The van der Waals surface area contributed by atoms with Crippen molar-refractivity contribution in [3.8, 4) is 10.6 Å². The molecule has 11 heteroatoms. The molecule has 1 amide bonds. The lowest BCUT2D eigenvalue weighted by atomic mass is 10.2. The summed E-state index contributed by atoms with van der Waals surface area (Å²) in [4.78, 5) is 32.1. The number of pyridine rings is 1. The van der Waals surface area contributed by atoms with Crippen LogP contribution < -0.4 is 5.32 Å². The van der Waals surface area contributed by atoms with Crippen LogP contribution in [0.25, 0.3) is 10.6 Å². The number of methoxy groups -OCH3 is 1. The number of rotatable bonds is 6. The summed E-state index contributed by atoms with van der Waals surface area (Å²) in [5.74, 6) is -0.641. The highest BCUT2D eigenvalue weighted by atomic mass is 35.5. The average molecular weight is 438 g/mol. The lowest BCUT2D eigenvalue weighted by Crippen LogP contribution is -2.42. The fourth-order valence-corrected chi connectivity index (χ4v) is 2.89. The number of carbonyl (C=O) groups excluding carboxylic acids is 2. The molecule has 2 rings (SSSR count). The van der Waals surface area contributed by atoms with Crippen LogP contribution in [-0.4, -0.2) is 47.6 Å². The summed E-state index contributed by atoms with van der Waals surface area (Å²) in [6, 6.07) is 2.89. The number of aromatic nitrogens is 2. The Morgan fingerprint density at radius 3 is 2.50 bits per heavy atom. The standard InChI is InChI=1S/C14H14ClN3O3S.C3H5F3/c1-8(19)10(7-21-2)17-13(20)11-12(15)18-14(22-11)9-4-3-5-16-6-9;1-2-3(4,5)6/h3-6,10H,7H2,1-2H3,(H,17,20);2H2,1H3. The highest BCUT2D eigenvalue weighted by Gasteiger charge is 2.23. The zero-order chi connectivity index (χ0) is 21.3. The van der Waals surface area contributed by atoms with Crippen molar-refractivity contribution >= 4 is 34.6 Å². The van der Waals surface area contributed by atoms with Crippen LogP contribution in [0.4, 0.5) is 13.2 Å². The Kier molecular flexibility index (Phi) is 9.50. The lowest BCUT2D eigenvalue weighted by molar-refractivity contribution is -0.130. The number of carbonyl (C=O) groups is 2. The monoisotopic (exact) mass is 437 g/mol. The Hall–Kier alpha value is -2.04. The molecular formula is C17H19ClF3N3O3S. The van der Waals surface area contributed by atoms with E-state index in [1.807, 2.05) is 6.07 Å². The number of ether oxygens (including phenoxy) is 1. The molecule has 1 unspecified atom stereocenters. The van der Waals surface area contributed by atoms with Crippen molar-refractivity contribution in [2.75, 3.05) is 13.7 Å². The molecule has 0 aliphatic carbocycles. The van der Waals surface area contributed by atoms with Crippen molar-refractivity contribution in [2.24, 2.45) is 0 Å². The van der Waals surface area contributed by atoms with E-state index in [4.69, 9.17) is 16.3 Å². The highest BCUT2D eigenvalue weighted by Crippen LogP contribution is 2.30. The van der Waals surface area contributed by atoms with Crippen LogP contribution in [0, 0.1) is 0 Å². The fraction of sp³-hybridized carbons (Fsp3) is 0.412. The molecule has 0 aliphatic heterocycles. The molecule has 1 N–H and O–H groups in total. The predicted octanol–water partition coefficient (Wildman–Crippen LogP) is 4.15. The van der Waals surface area contributed by atoms with Gasteiger partial charge in [0.1, 0.15) is 15.9 Å². The van der Waals surface area contributed by atoms with Crippen LogP contribution in [0.15, 0.2) is 24.5 Å². The van der Waals surface area contributed by atoms with Gasteiger partial charge in [0.05, 0.1) is 6.61 Å². The third kappa shape index (κ3) is 7.91. The van der Waals surface area contributed by atoms with Crippen molar-refractivity contribution in [3.63, 3.8) is 0 Å². The van der Waals surface area contributed by atoms with Crippen LogP contribution in [0.5, 0.6) is 0 Å². The Morgan fingerprint density at radius 1 is 1.39 bits per heavy atom. The van der Waals surface area contributed by atoms with E-state index in [1.165, 1.54) is 14.0 Å². The van der Waals surface area contributed by atoms with E-state index in [2.05, 4.69) is 15.3 Å². The maximum Gasteiger partial charge on any atom is 0.388 e. The molecule has 0 fully saturated rings. The molecule has 6 nitrogen and oxygen atoms in total. The number of hydrogen-bond donors (Lipinski definition) is 1. The van der Waals surface area contributed by atoms with Crippen LogP contribution >= 0.6 is 22.9 Å². The Labute approximate surface area is 169 Å². The van der Waals surface area contributed by atoms with E-state index in [0.29, 0.717) is 5.01 Å². The third-order valence-corrected chi connectivity index (χ3v) is 4.72. The van der Waals surface area contributed by atoms with Crippen LogP contribution in [0.3, 0.4) is 0 Å². The normalized spacial score (nSPS) is 12.0. The molecule has 0 radical (unpaired) electrons. The number of hydrogen-bond acceptors (Lipinski definition) is 6. The minimum absolute atomic E-state index is 0.0982. The number of Topliss-reactive ketones (excluding diaryl/α,β-unsaturated/α-hetero) is 1. The molecule has 2 aromatic heterocycles. The second-order valence-corrected chi connectivity index (χ2v) is 6.80. The van der Waals surface area contributed by atoms with Gasteiger partial charge < -0.3 is 10.1 Å². The van der Waals surface area contributed by atoms with E-state index in [0.717, 1.165) is 23.8 Å². The average Bonchev–Trinajstić information content (AvgIpc) is 3.04. The van der Waals surface area contributed by atoms with Crippen molar-refractivity contribution in [1.82, 2.24) is 15.3 Å². The molecule has 0 spiro atoms. The smallest absolute Gasteiger partial charge is 0.382 e. The quantitative estimate of drug-likeness (QED) is 0.734. The molecule has 0 bridgehead atoms. The molecule has 0 saturated heterocycles. The van der Waals surface area contributed by atoms with E-state index >= 15 is 0 Å². The summed E-state index contributed by atoms with van der Waals surface area (Å²) in [7, 11) is 1.46. The molecule has 28 heavy (non-hydrogen) atoms. The van der Waals surface area contributed by atoms with E-state index in [1.54, 1.807) is 18.5 Å². The first-order chi connectivity index (χ1) is 13.1. The predicted molar refractivity (Wildman–Crippen MR) is 101 cm³/mol. The van der Waals surface area contributed by atoms with Gasteiger partial charge >= 0.3 is 6.18 Å². The molecule has 0 aromatic carbocycles. The molecule has 2 aromatic rings. The first-order valence-electron chi connectivity index (χ1n) is 8.02. The second-order valence-electron chi connectivity index (χ2n) is 5.44. The molecule has 0 saturated carbocycles. The van der Waals surface area contributed by atoms with Gasteiger partial charge in [0.25, 0.3) is 5.91 Å². The van der Waals surface area contributed by atoms with Crippen LogP contribution in [0.1, 0.15) is 29.9 Å².